The zero-order valence-corrected chi connectivity index (χ0v) is 7.19. The third-order valence-corrected chi connectivity index (χ3v) is 1.48. The summed E-state index contributed by atoms with van der Waals surface area (Å²) < 4.78 is 5.12. The molecule has 1 aromatic rings. The lowest BCUT2D eigenvalue weighted by molar-refractivity contribution is 0.122. The highest BCUT2D eigenvalue weighted by molar-refractivity contribution is 5.36. The Morgan fingerprint density at radius 1 is 1.50 bits per heavy atom. The van der Waals surface area contributed by atoms with E-state index in [1.54, 1.807) is 19.5 Å². The van der Waals surface area contributed by atoms with Crippen molar-refractivity contribution < 1.29 is 4.74 Å². The molecule has 0 aromatic carbocycles. The molecule has 0 aliphatic carbocycles. The molecule has 5 heteroatoms. The van der Waals surface area contributed by atoms with E-state index in [0.29, 0.717) is 0 Å². The molecule has 0 fully saturated rings. The lowest BCUT2D eigenvalue weighted by Crippen LogP contribution is -2.20. The maximum Gasteiger partial charge on any atom is 0.127 e. The molecule has 0 aliphatic rings. The fraction of sp³-hybridized carbons (Fsp3) is 0.571. The number of aromatic nitrogens is 3. The molecule has 0 amide bonds. The molecule has 12 heavy (non-hydrogen) atoms. The standard InChI is InChI=1S/C7H12N4O/c1-3-7(12-2)10-6-4-8-11-9-5-6/h4-5,7H,3H2,1-2H3,(H,10,11). The second kappa shape index (κ2) is 4.61. The van der Waals surface area contributed by atoms with Crippen LogP contribution in [0.2, 0.25) is 0 Å². The van der Waals surface area contributed by atoms with Gasteiger partial charge in [0.15, 0.2) is 0 Å². The van der Waals surface area contributed by atoms with Crippen molar-refractivity contribution in [1.82, 2.24) is 15.4 Å². The Morgan fingerprint density at radius 3 is 2.67 bits per heavy atom. The molecule has 0 radical (unpaired) electrons. The zero-order valence-electron chi connectivity index (χ0n) is 7.19. The normalized spacial score (nSPS) is 12.5. The first-order valence-electron chi connectivity index (χ1n) is 3.79. The number of ether oxygens (including phenoxy) is 1. The monoisotopic (exact) mass is 168 g/mol. The minimum Gasteiger partial charge on any atom is -0.362 e. The highest BCUT2D eigenvalue weighted by Gasteiger charge is 2.02. The number of nitrogens with one attached hydrogen (secondary N) is 1. The van der Waals surface area contributed by atoms with Gasteiger partial charge in [-0.05, 0) is 11.6 Å². The molecule has 1 atom stereocenters. The van der Waals surface area contributed by atoms with Crippen molar-refractivity contribution in [1.29, 1.82) is 0 Å². The van der Waals surface area contributed by atoms with Crippen LogP contribution >= 0.6 is 0 Å². The fourth-order valence-electron chi connectivity index (χ4n) is 0.827. The lowest BCUT2D eigenvalue weighted by Gasteiger charge is -2.14. The van der Waals surface area contributed by atoms with E-state index in [2.05, 4.69) is 20.7 Å². The summed E-state index contributed by atoms with van der Waals surface area (Å²) in [5.41, 5.74) is 0.818. The minimum atomic E-state index is 0.0102. The van der Waals surface area contributed by atoms with Gasteiger partial charge in [0.25, 0.3) is 0 Å². The molecule has 5 nitrogen and oxygen atoms in total. The van der Waals surface area contributed by atoms with Crippen LogP contribution in [0.1, 0.15) is 13.3 Å². The zero-order chi connectivity index (χ0) is 8.81. The average Bonchev–Trinajstić information content (AvgIpc) is 2.16. The Balaban J connectivity index is 2.51. The Morgan fingerprint density at radius 2 is 2.17 bits per heavy atom. The van der Waals surface area contributed by atoms with E-state index in [1.807, 2.05) is 6.92 Å². The van der Waals surface area contributed by atoms with Crippen molar-refractivity contribution >= 4 is 5.69 Å². The number of methoxy groups -OCH3 is 1. The molecule has 1 aromatic heterocycles. The minimum absolute atomic E-state index is 0.0102. The second-order valence-corrected chi connectivity index (χ2v) is 2.31. The van der Waals surface area contributed by atoms with E-state index in [-0.39, 0.29) is 6.23 Å². The number of rotatable bonds is 4. The van der Waals surface area contributed by atoms with Crippen LogP contribution in [0.3, 0.4) is 0 Å². The topological polar surface area (TPSA) is 59.9 Å². The summed E-state index contributed by atoms with van der Waals surface area (Å²) >= 11 is 0. The largest absolute Gasteiger partial charge is 0.362 e. The summed E-state index contributed by atoms with van der Waals surface area (Å²) in [6, 6.07) is 0. The predicted octanol–water partition coefficient (Wildman–Crippen LogP) is 0.666. The van der Waals surface area contributed by atoms with Gasteiger partial charge in [-0.25, -0.2) is 0 Å². The highest BCUT2D eigenvalue weighted by Crippen LogP contribution is 2.04. The van der Waals surface area contributed by atoms with Crippen LogP contribution in [-0.2, 0) is 4.74 Å². The molecule has 0 spiro atoms. The fourth-order valence-corrected chi connectivity index (χ4v) is 0.827. The van der Waals surface area contributed by atoms with Crippen LogP contribution in [0.4, 0.5) is 5.69 Å². The van der Waals surface area contributed by atoms with Gasteiger partial charge in [-0.15, -0.1) is 10.2 Å². The van der Waals surface area contributed by atoms with E-state index in [0.717, 1.165) is 12.1 Å². The van der Waals surface area contributed by atoms with E-state index < -0.39 is 0 Å². The Kier molecular flexibility index (Phi) is 3.40. The average molecular weight is 168 g/mol. The van der Waals surface area contributed by atoms with Crippen molar-refractivity contribution in [2.45, 2.75) is 19.6 Å². The van der Waals surface area contributed by atoms with Gasteiger partial charge in [-0.3, -0.25) is 0 Å². The van der Waals surface area contributed by atoms with Gasteiger partial charge < -0.3 is 10.1 Å². The quantitative estimate of drug-likeness (QED) is 0.669. The molecule has 0 bridgehead atoms. The van der Waals surface area contributed by atoms with Crippen molar-refractivity contribution in [2.24, 2.45) is 0 Å². The van der Waals surface area contributed by atoms with Crippen LogP contribution in [0.25, 0.3) is 0 Å². The molecule has 1 rings (SSSR count). The van der Waals surface area contributed by atoms with Crippen molar-refractivity contribution in [3.05, 3.63) is 12.4 Å². The molecule has 1 unspecified atom stereocenters. The van der Waals surface area contributed by atoms with E-state index in [1.165, 1.54) is 0 Å². The van der Waals surface area contributed by atoms with Crippen LogP contribution in [0, 0.1) is 0 Å². The predicted molar refractivity (Wildman–Crippen MR) is 44.5 cm³/mol. The maximum absolute atomic E-state index is 5.12. The molecule has 66 valence electrons. The third kappa shape index (κ3) is 2.43. The van der Waals surface area contributed by atoms with Crippen LogP contribution in [0.15, 0.2) is 12.4 Å². The van der Waals surface area contributed by atoms with Gasteiger partial charge in [0, 0.05) is 7.11 Å². The van der Waals surface area contributed by atoms with E-state index >= 15 is 0 Å². The molecule has 0 saturated heterocycles. The number of nitrogens with zero attached hydrogens (tertiary/aromatic N) is 3. The number of hydrogen-bond donors (Lipinski definition) is 1. The van der Waals surface area contributed by atoms with Crippen LogP contribution in [-0.4, -0.2) is 28.7 Å². The molecule has 0 saturated carbocycles. The Labute approximate surface area is 71.2 Å². The second-order valence-electron chi connectivity index (χ2n) is 2.31. The summed E-state index contributed by atoms with van der Waals surface area (Å²) in [5.74, 6) is 0. The van der Waals surface area contributed by atoms with Gasteiger partial charge >= 0.3 is 0 Å². The Hall–Kier alpha value is -1.23. The molecular weight excluding hydrogens is 156 g/mol. The van der Waals surface area contributed by atoms with Gasteiger partial charge in [0.1, 0.15) is 6.23 Å². The van der Waals surface area contributed by atoms with Crippen molar-refractivity contribution in [3.8, 4) is 0 Å². The SMILES string of the molecule is CCC(Nc1cnnnc1)OC. The summed E-state index contributed by atoms with van der Waals surface area (Å²) in [5, 5.41) is 13.8. The summed E-state index contributed by atoms with van der Waals surface area (Å²) in [7, 11) is 1.66. The summed E-state index contributed by atoms with van der Waals surface area (Å²) in [6.07, 6.45) is 4.11. The molecule has 1 heterocycles. The maximum atomic E-state index is 5.12. The number of hydrogen-bond acceptors (Lipinski definition) is 5. The van der Waals surface area contributed by atoms with Crippen LogP contribution < -0.4 is 5.32 Å². The molecule has 0 aliphatic heterocycles. The first kappa shape index (κ1) is 8.86. The Bertz CT molecular complexity index is 212. The van der Waals surface area contributed by atoms with E-state index in [4.69, 9.17) is 4.74 Å². The lowest BCUT2D eigenvalue weighted by atomic mass is 10.4. The summed E-state index contributed by atoms with van der Waals surface area (Å²) in [6.45, 7) is 2.03. The van der Waals surface area contributed by atoms with Gasteiger partial charge in [0.2, 0.25) is 0 Å². The van der Waals surface area contributed by atoms with E-state index in [9.17, 15) is 0 Å². The first-order chi connectivity index (χ1) is 5.86. The van der Waals surface area contributed by atoms with Gasteiger partial charge in [-0.1, -0.05) is 6.92 Å². The van der Waals surface area contributed by atoms with Gasteiger partial charge in [-0.2, -0.15) is 0 Å². The van der Waals surface area contributed by atoms with Gasteiger partial charge in [0.05, 0.1) is 18.1 Å². The van der Waals surface area contributed by atoms with Crippen molar-refractivity contribution in [3.63, 3.8) is 0 Å². The number of anilines is 1. The first-order valence-corrected chi connectivity index (χ1v) is 3.79. The summed E-state index contributed by atoms with van der Waals surface area (Å²) in [4.78, 5) is 0. The van der Waals surface area contributed by atoms with Crippen LogP contribution in [0.5, 0.6) is 0 Å². The molecular formula is C7H12N4O. The smallest absolute Gasteiger partial charge is 0.127 e. The highest BCUT2D eigenvalue weighted by atomic mass is 16.5. The molecule has 1 N–H and O–H groups in total. The van der Waals surface area contributed by atoms with Crippen molar-refractivity contribution in [2.75, 3.05) is 12.4 Å². The third-order valence-electron chi connectivity index (χ3n) is 1.48.